The van der Waals surface area contributed by atoms with E-state index >= 15 is 0 Å². The molecule has 9 nitrogen and oxygen atoms in total. The Morgan fingerprint density at radius 1 is 0.970 bits per heavy atom. The summed E-state index contributed by atoms with van der Waals surface area (Å²) in [5.74, 6) is -3.14. The largest absolute Gasteiger partial charge is 0.465 e. The highest BCUT2D eigenvalue weighted by atomic mass is 16.6. The van der Waals surface area contributed by atoms with Crippen LogP contribution in [-0.2, 0) is 28.6 Å². The predicted octanol–water partition coefficient (Wildman–Crippen LogP) is 3.77. The maximum atomic E-state index is 12.9. The van der Waals surface area contributed by atoms with Crippen molar-refractivity contribution in [2.24, 2.45) is 11.3 Å². The number of nitrogens with one attached hydrogen (secondary N) is 1. The highest BCUT2D eigenvalue weighted by Crippen LogP contribution is 2.35. The molecule has 1 aliphatic heterocycles. The number of rotatable bonds is 7. The van der Waals surface area contributed by atoms with Gasteiger partial charge in [0.25, 0.3) is 0 Å². The van der Waals surface area contributed by atoms with Crippen LogP contribution in [-0.4, -0.2) is 49.8 Å². The zero-order valence-corrected chi connectivity index (χ0v) is 20.0. The number of amides is 2. The number of carbonyl (C=O) groups excluding carboxylic acids is 4. The molecule has 0 saturated carbocycles. The number of benzene rings is 1. The topological polar surface area (TPSA) is 111 Å². The molecule has 1 unspecified atom stereocenters. The molecule has 1 heterocycles. The SMILES string of the molecule is CCOC(=O)C(C(=O)OCC)C1C=Cc2cc(NC(=O)C(C)(C)C)ccc2N1C(=O)OCC. The number of anilines is 2. The zero-order chi connectivity index (χ0) is 24.8. The Bertz CT molecular complexity index is 915. The van der Waals surface area contributed by atoms with E-state index in [0.717, 1.165) is 0 Å². The van der Waals surface area contributed by atoms with Crippen molar-refractivity contribution < 1.29 is 33.4 Å². The summed E-state index contributed by atoms with van der Waals surface area (Å²) in [6.07, 6.45) is 2.53. The van der Waals surface area contributed by atoms with Gasteiger partial charge in [0.05, 0.1) is 31.5 Å². The third kappa shape index (κ3) is 6.12. The van der Waals surface area contributed by atoms with E-state index in [4.69, 9.17) is 14.2 Å². The van der Waals surface area contributed by atoms with Gasteiger partial charge in [0.1, 0.15) is 0 Å². The minimum absolute atomic E-state index is 0.0675. The lowest BCUT2D eigenvalue weighted by Crippen LogP contribution is -2.51. The standard InChI is InChI=1S/C24H32N2O7/c1-7-31-20(27)19(21(28)32-8-2)18-12-10-15-14-16(25-22(29)24(4,5)6)11-13-17(15)26(18)23(30)33-9-3/h10-14,18-19H,7-9H2,1-6H3,(H,25,29). The average molecular weight is 461 g/mol. The number of fused-ring (bicyclic) bond motifs is 1. The lowest BCUT2D eigenvalue weighted by atomic mass is 9.92. The summed E-state index contributed by atoms with van der Waals surface area (Å²) in [6, 6.07) is 3.98. The summed E-state index contributed by atoms with van der Waals surface area (Å²) in [7, 11) is 0. The van der Waals surface area contributed by atoms with Crippen LogP contribution in [0, 0.1) is 11.3 Å². The first-order chi connectivity index (χ1) is 15.5. The zero-order valence-electron chi connectivity index (χ0n) is 20.0. The second kappa shape index (κ2) is 11.0. The summed E-state index contributed by atoms with van der Waals surface area (Å²) in [4.78, 5) is 51.9. The molecule has 0 spiro atoms. The van der Waals surface area contributed by atoms with Crippen LogP contribution in [0.3, 0.4) is 0 Å². The van der Waals surface area contributed by atoms with Crippen LogP contribution in [0.5, 0.6) is 0 Å². The van der Waals surface area contributed by atoms with Crippen molar-refractivity contribution >= 4 is 41.4 Å². The third-order valence-corrected chi connectivity index (χ3v) is 4.88. The van der Waals surface area contributed by atoms with Gasteiger partial charge in [0.15, 0.2) is 5.92 Å². The number of carbonyl (C=O) groups is 4. The fourth-order valence-corrected chi connectivity index (χ4v) is 3.27. The predicted molar refractivity (Wildman–Crippen MR) is 124 cm³/mol. The highest BCUT2D eigenvalue weighted by molar-refractivity contribution is 6.02. The Labute approximate surface area is 194 Å². The van der Waals surface area contributed by atoms with Crippen molar-refractivity contribution in [1.82, 2.24) is 0 Å². The van der Waals surface area contributed by atoms with Gasteiger partial charge in [-0.1, -0.05) is 32.9 Å². The van der Waals surface area contributed by atoms with Crippen LogP contribution >= 0.6 is 0 Å². The van der Waals surface area contributed by atoms with Crippen LogP contribution in [0.4, 0.5) is 16.2 Å². The Morgan fingerprint density at radius 2 is 1.55 bits per heavy atom. The number of esters is 2. The molecule has 1 aromatic carbocycles. The van der Waals surface area contributed by atoms with Crippen molar-refractivity contribution in [3.63, 3.8) is 0 Å². The number of hydrogen-bond acceptors (Lipinski definition) is 7. The summed E-state index contributed by atoms with van der Waals surface area (Å²) >= 11 is 0. The quantitative estimate of drug-likeness (QED) is 0.374. The van der Waals surface area contributed by atoms with Gasteiger partial charge in [0.2, 0.25) is 5.91 Å². The van der Waals surface area contributed by atoms with Crippen LogP contribution in [0.25, 0.3) is 6.08 Å². The molecule has 180 valence electrons. The smallest absolute Gasteiger partial charge is 0.414 e. The van der Waals surface area contributed by atoms with E-state index in [1.54, 1.807) is 71.9 Å². The second-order valence-corrected chi connectivity index (χ2v) is 8.38. The molecular formula is C24H32N2O7. The van der Waals surface area contributed by atoms with E-state index in [-0.39, 0.29) is 25.7 Å². The molecule has 0 saturated heterocycles. The molecule has 1 N–H and O–H groups in total. The number of nitrogens with zero attached hydrogens (tertiary/aromatic N) is 1. The highest BCUT2D eigenvalue weighted by Gasteiger charge is 2.44. The first-order valence-corrected chi connectivity index (χ1v) is 11.0. The molecule has 0 aromatic heterocycles. The van der Waals surface area contributed by atoms with Gasteiger partial charge in [-0.05, 0) is 39.0 Å². The van der Waals surface area contributed by atoms with Gasteiger partial charge < -0.3 is 19.5 Å². The van der Waals surface area contributed by atoms with E-state index in [9.17, 15) is 19.2 Å². The molecule has 33 heavy (non-hydrogen) atoms. The van der Waals surface area contributed by atoms with Gasteiger partial charge in [-0.2, -0.15) is 0 Å². The van der Waals surface area contributed by atoms with Gasteiger partial charge in [-0.3, -0.25) is 19.3 Å². The summed E-state index contributed by atoms with van der Waals surface area (Å²) in [5, 5.41) is 2.85. The lowest BCUT2D eigenvalue weighted by Gasteiger charge is -2.35. The Balaban J connectivity index is 2.51. The maximum Gasteiger partial charge on any atom is 0.414 e. The van der Waals surface area contributed by atoms with Gasteiger partial charge in [-0.25, -0.2) is 4.79 Å². The van der Waals surface area contributed by atoms with Crippen LogP contribution in [0.1, 0.15) is 47.1 Å². The molecule has 0 aliphatic carbocycles. The van der Waals surface area contributed by atoms with Gasteiger partial charge in [0, 0.05) is 16.7 Å². The Kier molecular flexibility index (Phi) is 8.62. The fraction of sp³-hybridized carbons (Fsp3) is 0.500. The molecular weight excluding hydrogens is 428 g/mol. The van der Waals surface area contributed by atoms with Crippen molar-refractivity contribution in [3.8, 4) is 0 Å². The number of ether oxygens (including phenoxy) is 3. The summed E-state index contributed by atoms with van der Waals surface area (Å²) in [6.45, 7) is 10.6. The van der Waals surface area contributed by atoms with Crippen LogP contribution < -0.4 is 10.2 Å². The van der Waals surface area contributed by atoms with Gasteiger partial charge in [-0.15, -0.1) is 0 Å². The van der Waals surface area contributed by atoms with E-state index in [0.29, 0.717) is 16.9 Å². The molecule has 2 amide bonds. The first-order valence-electron chi connectivity index (χ1n) is 11.0. The lowest BCUT2D eigenvalue weighted by molar-refractivity contribution is -0.162. The first kappa shape index (κ1) is 25.9. The minimum Gasteiger partial charge on any atom is -0.465 e. The van der Waals surface area contributed by atoms with E-state index in [2.05, 4.69) is 5.32 Å². The molecule has 0 radical (unpaired) electrons. The monoisotopic (exact) mass is 460 g/mol. The van der Waals surface area contributed by atoms with Crippen molar-refractivity contribution in [2.45, 2.75) is 47.6 Å². The van der Waals surface area contributed by atoms with Crippen molar-refractivity contribution in [2.75, 3.05) is 30.0 Å². The Morgan fingerprint density at radius 3 is 2.06 bits per heavy atom. The molecule has 1 aliphatic rings. The normalized spacial score (nSPS) is 15.0. The molecule has 0 fully saturated rings. The Hall–Kier alpha value is -3.36. The summed E-state index contributed by atoms with van der Waals surface area (Å²) in [5.41, 5.74) is 0.999. The third-order valence-electron chi connectivity index (χ3n) is 4.88. The van der Waals surface area contributed by atoms with E-state index in [1.165, 1.54) is 4.90 Å². The second-order valence-electron chi connectivity index (χ2n) is 8.38. The van der Waals surface area contributed by atoms with Crippen LogP contribution in [0.2, 0.25) is 0 Å². The average Bonchev–Trinajstić information content (AvgIpc) is 2.73. The maximum absolute atomic E-state index is 12.9. The molecule has 1 atom stereocenters. The molecule has 0 bridgehead atoms. The summed E-state index contributed by atoms with van der Waals surface area (Å²) < 4.78 is 15.4. The fourth-order valence-electron chi connectivity index (χ4n) is 3.27. The number of hydrogen-bond donors (Lipinski definition) is 1. The van der Waals surface area contributed by atoms with Crippen LogP contribution in [0.15, 0.2) is 24.3 Å². The van der Waals surface area contributed by atoms with Gasteiger partial charge >= 0.3 is 18.0 Å². The van der Waals surface area contributed by atoms with Crippen molar-refractivity contribution in [3.05, 3.63) is 29.8 Å². The van der Waals surface area contributed by atoms with E-state index < -0.39 is 35.4 Å². The molecule has 2 rings (SSSR count). The van der Waals surface area contributed by atoms with Crippen molar-refractivity contribution in [1.29, 1.82) is 0 Å². The van der Waals surface area contributed by atoms with E-state index in [1.807, 2.05) is 0 Å². The minimum atomic E-state index is -1.39. The molecule has 9 heteroatoms. The molecule has 1 aromatic rings.